The van der Waals surface area contributed by atoms with Crippen LogP contribution in [0.25, 0.3) is 0 Å². The van der Waals surface area contributed by atoms with Gasteiger partial charge >= 0.3 is 0 Å². The first-order valence-corrected chi connectivity index (χ1v) is 7.64. The fourth-order valence-electron chi connectivity index (χ4n) is 4.60. The van der Waals surface area contributed by atoms with Gasteiger partial charge in [-0.25, -0.2) is 0 Å². The van der Waals surface area contributed by atoms with Crippen LogP contribution in [0.1, 0.15) is 56.4 Å². The molecule has 2 aliphatic rings. The smallest absolute Gasteiger partial charge is 0.0662 e. The predicted molar refractivity (Wildman–Crippen MR) is 80.9 cm³/mol. The summed E-state index contributed by atoms with van der Waals surface area (Å²) in [7, 11) is 0. The Kier molecular flexibility index (Phi) is 2.28. The lowest BCUT2D eigenvalue weighted by Crippen LogP contribution is -2.34. The monoisotopic (exact) mass is 266 g/mol. The van der Waals surface area contributed by atoms with Crippen molar-refractivity contribution in [3.63, 3.8) is 0 Å². The number of hydrogen-bond acceptors (Lipinski definition) is 1. The first-order chi connectivity index (χ1) is 9.54. The van der Waals surface area contributed by atoms with Crippen molar-refractivity contribution < 1.29 is 0 Å². The molecule has 0 saturated heterocycles. The molecular formula is C18H22N2. The second kappa shape index (κ2) is 3.75. The second-order valence-corrected chi connectivity index (χ2v) is 7.24. The number of fused-ring (bicyclic) bond motifs is 5. The maximum Gasteiger partial charge on any atom is 0.0662 e. The number of nitrogens with zero attached hydrogens (tertiary/aromatic N) is 2. The highest BCUT2D eigenvalue weighted by atomic mass is 15.3. The summed E-state index contributed by atoms with van der Waals surface area (Å²) >= 11 is 0. The van der Waals surface area contributed by atoms with Gasteiger partial charge in [0.2, 0.25) is 0 Å². The molecule has 2 nitrogen and oxygen atoms in total. The molecule has 2 atom stereocenters. The lowest BCUT2D eigenvalue weighted by molar-refractivity contribution is 0.219. The molecule has 1 heterocycles. The van der Waals surface area contributed by atoms with Crippen molar-refractivity contribution in [2.75, 3.05) is 0 Å². The SMILES string of the molecule is CC1(C)[C@@H]2CC[C@@]1(C)c1c2cnn1Cc1ccccc1. The Bertz CT molecular complexity index is 653. The topological polar surface area (TPSA) is 17.8 Å². The van der Waals surface area contributed by atoms with Crippen LogP contribution in [0.4, 0.5) is 0 Å². The van der Waals surface area contributed by atoms with Gasteiger partial charge in [0, 0.05) is 11.1 Å². The number of rotatable bonds is 2. The van der Waals surface area contributed by atoms with Crippen LogP contribution in [0.3, 0.4) is 0 Å². The van der Waals surface area contributed by atoms with Gasteiger partial charge in [-0.2, -0.15) is 5.10 Å². The third kappa shape index (κ3) is 1.32. The van der Waals surface area contributed by atoms with Crippen molar-refractivity contribution in [1.29, 1.82) is 0 Å². The first kappa shape index (κ1) is 12.2. The molecule has 1 fully saturated rings. The highest BCUT2D eigenvalue weighted by Gasteiger charge is 2.61. The van der Waals surface area contributed by atoms with E-state index in [4.69, 9.17) is 5.10 Å². The van der Waals surface area contributed by atoms with Crippen LogP contribution in [0.5, 0.6) is 0 Å². The van der Waals surface area contributed by atoms with Crippen LogP contribution < -0.4 is 0 Å². The van der Waals surface area contributed by atoms with Crippen LogP contribution in [0, 0.1) is 5.41 Å². The quantitative estimate of drug-likeness (QED) is 0.800. The van der Waals surface area contributed by atoms with Crippen molar-refractivity contribution in [2.45, 2.75) is 51.5 Å². The van der Waals surface area contributed by atoms with Gasteiger partial charge in [-0.3, -0.25) is 4.68 Å². The van der Waals surface area contributed by atoms with Gasteiger partial charge in [0.1, 0.15) is 0 Å². The summed E-state index contributed by atoms with van der Waals surface area (Å²) in [6.07, 6.45) is 4.76. The molecular weight excluding hydrogens is 244 g/mol. The van der Waals surface area contributed by atoms with E-state index in [0.29, 0.717) is 11.3 Å². The molecule has 0 spiro atoms. The van der Waals surface area contributed by atoms with Crippen LogP contribution in [-0.2, 0) is 12.0 Å². The minimum atomic E-state index is 0.290. The molecule has 0 unspecified atom stereocenters. The van der Waals surface area contributed by atoms with Gasteiger partial charge < -0.3 is 0 Å². The molecule has 2 aliphatic carbocycles. The van der Waals surface area contributed by atoms with Gasteiger partial charge in [-0.1, -0.05) is 51.1 Å². The van der Waals surface area contributed by atoms with E-state index in [2.05, 4.69) is 62.0 Å². The lowest BCUT2D eigenvalue weighted by Gasteiger charge is -2.35. The highest BCUT2D eigenvalue weighted by Crippen LogP contribution is 2.67. The summed E-state index contributed by atoms with van der Waals surface area (Å²) in [5, 5.41) is 4.70. The van der Waals surface area contributed by atoms with E-state index in [1.807, 2.05) is 0 Å². The number of benzene rings is 1. The molecule has 0 aliphatic heterocycles. The van der Waals surface area contributed by atoms with Crippen LogP contribution >= 0.6 is 0 Å². The van der Waals surface area contributed by atoms with Gasteiger partial charge in [0.05, 0.1) is 12.7 Å². The molecule has 104 valence electrons. The van der Waals surface area contributed by atoms with E-state index in [1.54, 1.807) is 0 Å². The maximum absolute atomic E-state index is 4.70. The zero-order valence-electron chi connectivity index (χ0n) is 12.6. The Hall–Kier alpha value is -1.57. The Balaban J connectivity index is 1.79. The van der Waals surface area contributed by atoms with Gasteiger partial charge in [0.25, 0.3) is 0 Å². The molecule has 0 N–H and O–H groups in total. The fourth-order valence-corrected chi connectivity index (χ4v) is 4.60. The molecule has 1 aromatic heterocycles. The van der Waals surface area contributed by atoms with Gasteiger partial charge in [-0.15, -0.1) is 0 Å². The molecule has 1 aromatic carbocycles. The van der Waals surface area contributed by atoms with E-state index in [9.17, 15) is 0 Å². The van der Waals surface area contributed by atoms with E-state index in [-0.39, 0.29) is 5.41 Å². The largest absolute Gasteiger partial charge is 0.264 e. The third-order valence-electron chi connectivity index (χ3n) is 6.17. The van der Waals surface area contributed by atoms with E-state index in [0.717, 1.165) is 6.54 Å². The van der Waals surface area contributed by atoms with Crippen LogP contribution in [0.2, 0.25) is 0 Å². The summed E-state index contributed by atoms with van der Waals surface area (Å²) in [6, 6.07) is 10.7. The van der Waals surface area contributed by atoms with E-state index >= 15 is 0 Å². The number of aromatic nitrogens is 2. The standard InChI is InChI=1S/C18H22N2/c1-17(2)15-9-10-18(17,3)16-14(15)11-19-20(16)12-13-7-5-4-6-8-13/h4-8,11,15H,9-10,12H2,1-3H3/t15-,18+/m1/s1. The lowest BCUT2D eigenvalue weighted by atomic mass is 9.70. The molecule has 0 amide bonds. The summed E-state index contributed by atoms with van der Waals surface area (Å²) in [5.41, 5.74) is 5.02. The zero-order valence-corrected chi connectivity index (χ0v) is 12.6. The molecule has 2 heteroatoms. The second-order valence-electron chi connectivity index (χ2n) is 7.24. The summed E-state index contributed by atoms with van der Waals surface area (Å²) in [4.78, 5) is 0. The summed E-state index contributed by atoms with van der Waals surface area (Å²) in [5.74, 6) is 0.701. The zero-order chi connectivity index (χ0) is 14.0. The average molecular weight is 266 g/mol. The molecule has 20 heavy (non-hydrogen) atoms. The Morgan fingerprint density at radius 1 is 1.20 bits per heavy atom. The highest BCUT2D eigenvalue weighted by molar-refractivity contribution is 5.45. The Labute approximate surface area is 120 Å². The Morgan fingerprint density at radius 3 is 2.70 bits per heavy atom. The normalized spacial score (nSPS) is 29.6. The van der Waals surface area contributed by atoms with Crippen molar-refractivity contribution in [3.8, 4) is 0 Å². The summed E-state index contributed by atoms with van der Waals surface area (Å²) < 4.78 is 2.26. The van der Waals surface area contributed by atoms with Crippen LogP contribution in [0.15, 0.2) is 36.5 Å². The van der Waals surface area contributed by atoms with Gasteiger partial charge in [-0.05, 0) is 35.3 Å². The van der Waals surface area contributed by atoms with Gasteiger partial charge in [0.15, 0.2) is 0 Å². The maximum atomic E-state index is 4.70. The molecule has 1 saturated carbocycles. The molecule has 4 rings (SSSR count). The summed E-state index contributed by atoms with van der Waals surface area (Å²) in [6.45, 7) is 8.23. The average Bonchev–Trinajstić information content (AvgIpc) is 2.98. The van der Waals surface area contributed by atoms with Crippen molar-refractivity contribution >= 4 is 0 Å². The van der Waals surface area contributed by atoms with Crippen LogP contribution in [-0.4, -0.2) is 9.78 Å². The van der Waals surface area contributed by atoms with Crippen molar-refractivity contribution in [2.24, 2.45) is 5.41 Å². The predicted octanol–water partition coefficient (Wildman–Crippen LogP) is 4.11. The van der Waals surface area contributed by atoms with Crippen molar-refractivity contribution in [1.82, 2.24) is 9.78 Å². The third-order valence-corrected chi connectivity index (χ3v) is 6.17. The van der Waals surface area contributed by atoms with E-state index < -0.39 is 0 Å². The minimum Gasteiger partial charge on any atom is -0.264 e. The first-order valence-electron chi connectivity index (χ1n) is 7.64. The minimum absolute atomic E-state index is 0.290. The van der Waals surface area contributed by atoms with E-state index in [1.165, 1.54) is 29.7 Å². The number of hydrogen-bond donors (Lipinski definition) is 0. The fraction of sp³-hybridized carbons (Fsp3) is 0.500. The Morgan fingerprint density at radius 2 is 1.95 bits per heavy atom. The molecule has 0 radical (unpaired) electrons. The molecule has 2 bridgehead atoms. The van der Waals surface area contributed by atoms with Crippen molar-refractivity contribution in [3.05, 3.63) is 53.3 Å². The molecule has 2 aromatic rings.